The summed E-state index contributed by atoms with van der Waals surface area (Å²) in [7, 11) is 1.45. The molecule has 22 heavy (non-hydrogen) atoms. The molecule has 0 aliphatic rings. The number of ether oxygens (including phenoxy) is 1. The Bertz CT molecular complexity index is 408. The summed E-state index contributed by atoms with van der Waals surface area (Å²) in [6.45, 7) is 2.18. The molecule has 0 unspecified atom stereocenters. The van der Waals surface area contributed by atoms with Crippen molar-refractivity contribution in [1.82, 2.24) is 4.98 Å². The van der Waals surface area contributed by atoms with Gasteiger partial charge in [-0.25, -0.2) is 0 Å². The van der Waals surface area contributed by atoms with Gasteiger partial charge in [0, 0.05) is 19.0 Å². The number of aliphatic hydroxyl groups excluding tert-OH is 1. The standard InChI is InChI=1S/C18H29NO3/c1-15(18(21)22-2)13-16(7-3-4-12-20)8-5-9-17-10-6-11-19-14-17/h6,10-11,14-16,20H,3-5,7-9,12-13H2,1-2H3/t15-,16-/m0/s1. The zero-order valence-electron chi connectivity index (χ0n) is 13.8. The molecule has 0 amide bonds. The lowest BCUT2D eigenvalue weighted by atomic mass is 9.87. The van der Waals surface area contributed by atoms with Gasteiger partial charge >= 0.3 is 5.97 Å². The Morgan fingerprint density at radius 3 is 2.73 bits per heavy atom. The summed E-state index contributed by atoms with van der Waals surface area (Å²) in [5.41, 5.74) is 1.26. The van der Waals surface area contributed by atoms with Gasteiger partial charge in [-0.15, -0.1) is 0 Å². The molecule has 4 heteroatoms. The molecular weight excluding hydrogens is 278 g/mol. The molecule has 1 aromatic rings. The van der Waals surface area contributed by atoms with Crippen molar-refractivity contribution in [2.45, 2.75) is 51.9 Å². The highest BCUT2D eigenvalue weighted by Gasteiger charge is 2.19. The van der Waals surface area contributed by atoms with Crippen LogP contribution in [0.1, 0.15) is 51.0 Å². The molecule has 0 aliphatic carbocycles. The minimum Gasteiger partial charge on any atom is -0.469 e. The number of hydrogen-bond donors (Lipinski definition) is 1. The molecule has 4 nitrogen and oxygen atoms in total. The van der Waals surface area contributed by atoms with E-state index in [0.29, 0.717) is 5.92 Å². The summed E-state index contributed by atoms with van der Waals surface area (Å²) < 4.78 is 4.83. The Hall–Kier alpha value is -1.42. The van der Waals surface area contributed by atoms with Crippen LogP contribution in [-0.4, -0.2) is 29.8 Å². The average molecular weight is 307 g/mol. The Balaban J connectivity index is 2.41. The normalized spacial score (nSPS) is 13.6. The van der Waals surface area contributed by atoms with Crippen molar-refractivity contribution in [2.75, 3.05) is 13.7 Å². The lowest BCUT2D eigenvalue weighted by Gasteiger charge is -2.20. The molecule has 0 saturated carbocycles. The number of carbonyl (C=O) groups excluding carboxylic acids is 1. The summed E-state index contributed by atoms with van der Waals surface area (Å²) in [6, 6.07) is 4.07. The fourth-order valence-electron chi connectivity index (χ4n) is 2.86. The maximum Gasteiger partial charge on any atom is 0.308 e. The molecule has 0 saturated heterocycles. The quantitative estimate of drug-likeness (QED) is 0.503. The van der Waals surface area contributed by atoms with Crippen LogP contribution in [0.5, 0.6) is 0 Å². The van der Waals surface area contributed by atoms with Crippen LogP contribution >= 0.6 is 0 Å². The van der Waals surface area contributed by atoms with Gasteiger partial charge in [0.25, 0.3) is 0 Å². The first kappa shape index (κ1) is 18.6. The Morgan fingerprint density at radius 2 is 2.09 bits per heavy atom. The second-order valence-corrected chi connectivity index (χ2v) is 6.00. The molecule has 124 valence electrons. The van der Waals surface area contributed by atoms with Crippen LogP contribution in [0, 0.1) is 11.8 Å². The van der Waals surface area contributed by atoms with Crippen LogP contribution in [0.4, 0.5) is 0 Å². The number of aromatic nitrogens is 1. The number of rotatable bonds is 11. The minimum atomic E-state index is -0.126. The highest BCUT2D eigenvalue weighted by atomic mass is 16.5. The van der Waals surface area contributed by atoms with Gasteiger partial charge in [0.15, 0.2) is 0 Å². The summed E-state index contributed by atoms with van der Waals surface area (Å²) in [5.74, 6) is 0.333. The molecule has 1 aromatic heterocycles. The van der Waals surface area contributed by atoms with Crippen LogP contribution in [-0.2, 0) is 16.0 Å². The Kier molecular flexibility index (Phi) is 9.47. The van der Waals surface area contributed by atoms with Crippen LogP contribution in [0.15, 0.2) is 24.5 Å². The smallest absolute Gasteiger partial charge is 0.308 e. The molecule has 0 bridgehead atoms. The second-order valence-electron chi connectivity index (χ2n) is 6.00. The third-order valence-corrected chi connectivity index (χ3v) is 4.11. The summed E-state index contributed by atoms with van der Waals surface area (Å²) in [6.07, 6.45) is 10.7. The van der Waals surface area contributed by atoms with E-state index in [9.17, 15) is 4.79 Å². The predicted molar refractivity (Wildman–Crippen MR) is 87.4 cm³/mol. The topological polar surface area (TPSA) is 59.4 Å². The molecule has 0 aromatic carbocycles. The molecule has 0 radical (unpaired) electrons. The van der Waals surface area contributed by atoms with E-state index in [-0.39, 0.29) is 18.5 Å². The monoisotopic (exact) mass is 307 g/mol. The van der Waals surface area contributed by atoms with Crippen LogP contribution in [0.3, 0.4) is 0 Å². The molecule has 1 rings (SSSR count). The van der Waals surface area contributed by atoms with Crippen molar-refractivity contribution in [2.24, 2.45) is 11.8 Å². The van der Waals surface area contributed by atoms with Crippen molar-refractivity contribution in [3.05, 3.63) is 30.1 Å². The number of aryl methyl sites for hydroxylation is 1. The first-order valence-electron chi connectivity index (χ1n) is 8.25. The number of esters is 1. The lowest BCUT2D eigenvalue weighted by molar-refractivity contribution is -0.145. The van der Waals surface area contributed by atoms with E-state index in [0.717, 1.165) is 44.9 Å². The summed E-state index contributed by atoms with van der Waals surface area (Å²) >= 11 is 0. The van der Waals surface area contributed by atoms with Crippen LogP contribution in [0.2, 0.25) is 0 Å². The third kappa shape index (κ3) is 7.55. The molecule has 0 aliphatic heterocycles. The first-order chi connectivity index (χ1) is 10.7. The Labute approximate surface area is 133 Å². The molecule has 1 N–H and O–H groups in total. The molecule has 0 fully saturated rings. The SMILES string of the molecule is COC(=O)[C@@H](C)C[C@@H](CCCCO)CCCc1cccnc1. The highest BCUT2D eigenvalue weighted by molar-refractivity contribution is 5.71. The highest BCUT2D eigenvalue weighted by Crippen LogP contribution is 2.24. The zero-order valence-corrected chi connectivity index (χ0v) is 13.8. The number of carbonyl (C=O) groups is 1. The van der Waals surface area contributed by atoms with Crippen molar-refractivity contribution >= 4 is 5.97 Å². The number of unbranched alkanes of at least 4 members (excludes halogenated alkanes) is 1. The maximum absolute atomic E-state index is 11.6. The van der Waals surface area contributed by atoms with Crippen LogP contribution in [0.25, 0.3) is 0 Å². The molecule has 1 heterocycles. The van der Waals surface area contributed by atoms with E-state index in [1.54, 1.807) is 6.20 Å². The second kappa shape index (κ2) is 11.2. The van der Waals surface area contributed by atoms with Crippen molar-refractivity contribution in [3.8, 4) is 0 Å². The average Bonchev–Trinajstić information content (AvgIpc) is 2.55. The van der Waals surface area contributed by atoms with E-state index in [1.165, 1.54) is 12.7 Å². The first-order valence-corrected chi connectivity index (χ1v) is 8.25. The fraction of sp³-hybridized carbons (Fsp3) is 0.667. The van der Waals surface area contributed by atoms with Gasteiger partial charge in [-0.1, -0.05) is 32.3 Å². The number of methoxy groups -OCH3 is 1. The number of pyridine rings is 1. The fourth-order valence-corrected chi connectivity index (χ4v) is 2.86. The zero-order chi connectivity index (χ0) is 16.2. The maximum atomic E-state index is 11.6. The molecule has 0 spiro atoms. The van der Waals surface area contributed by atoms with E-state index in [4.69, 9.17) is 9.84 Å². The molecular formula is C18H29NO3. The van der Waals surface area contributed by atoms with E-state index >= 15 is 0 Å². The Morgan fingerprint density at radius 1 is 1.32 bits per heavy atom. The van der Waals surface area contributed by atoms with Gasteiger partial charge in [-0.2, -0.15) is 0 Å². The number of aliphatic hydroxyl groups is 1. The molecule has 2 atom stereocenters. The van der Waals surface area contributed by atoms with Gasteiger partial charge in [0.2, 0.25) is 0 Å². The van der Waals surface area contributed by atoms with Crippen molar-refractivity contribution in [3.63, 3.8) is 0 Å². The van der Waals surface area contributed by atoms with Crippen molar-refractivity contribution < 1.29 is 14.6 Å². The predicted octanol–water partition coefficient (Wildman–Crippen LogP) is 3.38. The van der Waals surface area contributed by atoms with E-state index < -0.39 is 0 Å². The number of hydrogen-bond acceptors (Lipinski definition) is 4. The van der Waals surface area contributed by atoms with Gasteiger partial charge in [0.05, 0.1) is 13.0 Å². The van der Waals surface area contributed by atoms with E-state index in [2.05, 4.69) is 11.1 Å². The lowest BCUT2D eigenvalue weighted by Crippen LogP contribution is -2.17. The number of nitrogens with zero attached hydrogens (tertiary/aromatic N) is 1. The minimum absolute atomic E-state index is 0.0532. The largest absolute Gasteiger partial charge is 0.469 e. The summed E-state index contributed by atoms with van der Waals surface area (Å²) in [4.78, 5) is 15.7. The third-order valence-electron chi connectivity index (χ3n) is 4.11. The van der Waals surface area contributed by atoms with Crippen molar-refractivity contribution in [1.29, 1.82) is 0 Å². The van der Waals surface area contributed by atoms with Crippen LogP contribution < -0.4 is 0 Å². The van der Waals surface area contributed by atoms with Gasteiger partial charge in [0.1, 0.15) is 0 Å². The summed E-state index contributed by atoms with van der Waals surface area (Å²) in [5, 5.41) is 8.93. The van der Waals surface area contributed by atoms with Gasteiger partial charge in [-0.3, -0.25) is 9.78 Å². The van der Waals surface area contributed by atoms with Gasteiger partial charge < -0.3 is 9.84 Å². The van der Waals surface area contributed by atoms with Gasteiger partial charge in [-0.05, 0) is 43.2 Å². The van der Waals surface area contributed by atoms with E-state index in [1.807, 2.05) is 19.2 Å².